The van der Waals surface area contributed by atoms with Crippen molar-refractivity contribution in [1.29, 1.82) is 0 Å². The van der Waals surface area contributed by atoms with Crippen molar-refractivity contribution in [2.24, 2.45) is 0 Å². The van der Waals surface area contributed by atoms with Crippen molar-refractivity contribution < 1.29 is 4.79 Å². The molecular weight excluding hydrogens is 414 g/mol. The van der Waals surface area contributed by atoms with Gasteiger partial charge < -0.3 is 4.90 Å². The number of thiazole rings is 1. The van der Waals surface area contributed by atoms with Gasteiger partial charge >= 0.3 is 0 Å². The Kier molecular flexibility index (Phi) is 9.28. The van der Waals surface area contributed by atoms with Crippen LogP contribution in [0.2, 0.25) is 0 Å². The lowest BCUT2D eigenvalue weighted by atomic mass is 10.1. The summed E-state index contributed by atoms with van der Waals surface area (Å²) in [5.74, 6) is 0.148. The Balaban J connectivity index is 0.00000320. The van der Waals surface area contributed by atoms with Gasteiger partial charge in [-0.05, 0) is 56.1 Å². The fourth-order valence-corrected chi connectivity index (χ4v) is 4.80. The number of anilines is 1. The maximum absolute atomic E-state index is 13.2. The number of benzene rings is 2. The fourth-order valence-electron chi connectivity index (χ4n) is 3.61. The third kappa shape index (κ3) is 6.03. The van der Waals surface area contributed by atoms with Crippen LogP contribution < -0.4 is 4.90 Å². The zero-order valence-corrected chi connectivity index (χ0v) is 20.0. The quantitative estimate of drug-likeness (QED) is 0.427. The first-order valence-corrected chi connectivity index (χ1v) is 11.3. The number of nitrogens with zero attached hydrogens (tertiary/aromatic N) is 3. The van der Waals surface area contributed by atoms with Crippen molar-refractivity contribution in [3.63, 3.8) is 0 Å². The van der Waals surface area contributed by atoms with E-state index in [4.69, 9.17) is 4.98 Å². The topological polar surface area (TPSA) is 36.4 Å². The van der Waals surface area contributed by atoms with E-state index in [2.05, 4.69) is 56.9 Å². The standard InChI is InChI=1S/C24H31N3OS.ClH/c1-5-26(6-2)14-15-27(22(28)13-12-20-10-8-7-9-11-20)24-25-23-19(4)16-18(3)17-21(23)29-24;/h7-11,16-17H,5-6,12-15H2,1-4H3;1H. The number of aromatic nitrogens is 1. The van der Waals surface area contributed by atoms with Crippen molar-refractivity contribution in [3.05, 3.63) is 59.2 Å². The van der Waals surface area contributed by atoms with Crippen molar-refractivity contribution in [2.75, 3.05) is 31.1 Å². The first kappa shape index (κ1) is 24.3. The smallest absolute Gasteiger partial charge is 0.229 e. The maximum Gasteiger partial charge on any atom is 0.229 e. The van der Waals surface area contributed by atoms with Gasteiger partial charge in [0.25, 0.3) is 0 Å². The summed E-state index contributed by atoms with van der Waals surface area (Å²) in [5, 5.41) is 0.818. The molecule has 162 valence electrons. The molecule has 0 spiro atoms. The number of amides is 1. The molecule has 0 atom stereocenters. The lowest BCUT2D eigenvalue weighted by molar-refractivity contribution is -0.118. The molecule has 0 aliphatic carbocycles. The molecule has 0 aliphatic rings. The zero-order chi connectivity index (χ0) is 20.8. The van der Waals surface area contributed by atoms with Gasteiger partial charge in [0.1, 0.15) is 0 Å². The molecule has 0 aliphatic heterocycles. The predicted molar refractivity (Wildman–Crippen MR) is 131 cm³/mol. The number of aryl methyl sites for hydroxylation is 3. The second-order valence-electron chi connectivity index (χ2n) is 7.48. The molecule has 6 heteroatoms. The number of carbonyl (C=O) groups is 1. The van der Waals surface area contributed by atoms with Crippen LogP contribution in [-0.4, -0.2) is 42.0 Å². The van der Waals surface area contributed by atoms with E-state index in [1.807, 2.05) is 23.1 Å². The van der Waals surface area contributed by atoms with Crippen LogP contribution in [-0.2, 0) is 11.2 Å². The monoisotopic (exact) mass is 445 g/mol. The van der Waals surface area contributed by atoms with E-state index in [0.717, 1.165) is 41.4 Å². The highest BCUT2D eigenvalue weighted by Gasteiger charge is 2.21. The van der Waals surface area contributed by atoms with E-state index < -0.39 is 0 Å². The Morgan fingerprint density at radius 1 is 1.03 bits per heavy atom. The number of carbonyl (C=O) groups excluding carboxylic acids is 1. The van der Waals surface area contributed by atoms with E-state index in [0.29, 0.717) is 13.0 Å². The number of rotatable bonds is 9. The minimum atomic E-state index is 0. The molecule has 1 amide bonds. The summed E-state index contributed by atoms with van der Waals surface area (Å²) in [6, 6.07) is 14.5. The highest BCUT2D eigenvalue weighted by molar-refractivity contribution is 7.22. The molecule has 2 aromatic carbocycles. The van der Waals surface area contributed by atoms with Gasteiger partial charge in [-0.25, -0.2) is 4.98 Å². The molecule has 0 fully saturated rings. The van der Waals surface area contributed by atoms with Crippen LogP contribution in [0.5, 0.6) is 0 Å². The maximum atomic E-state index is 13.2. The fraction of sp³-hybridized carbons (Fsp3) is 0.417. The van der Waals surface area contributed by atoms with Crippen molar-refractivity contribution in [2.45, 2.75) is 40.5 Å². The molecular formula is C24H32ClN3OS. The molecule has 0 bridgehead atoms. The first-order chi connectivity index (χ1) is 14.0. The summed E-state index contributed by atoms with van der Waals surface area (Å²) in [4.78, 5) is 22.3. The molecule has 30 heavy (non-hydrogen) atoms. The summed E-state index contributed by atoms with van der Waals surface area (Å²) in [5.41, 5.74) is 4.61. The number of likely N-dealkylation sites (N-methyl/N-ethyl adjacent to an activating group) is 1. The van der Waals surface area contributed by atoms with Crippen LogP contribution in [0.15, 0.2) is 42.5 Å². The van der Waals surface area contributed by atoms with E-state index in [-0.39, 0.29) is 18.3 Å². The first-order valence-electron chi connectivity index (χ1n) is 10.5. The molecule has 3 rings (SSSR count). The van der Waals surface area contributed by atoms with Crippen LogP contribution in [0.1, 0.15) is 37.0 Å². The van der Waals surface area contributed by atoms with Gasteiger partial charge in [-0.2, -0.15) is 0 Å². The minimum absolute atomic E-state index is 0. The minimum Gasteiger partial charge on any atom is -0.302 e. The van der Waals surface area contributed by atoms with Gasteiger partial charge in [-0.1, -0.05) is 61.6 Å². The Hall–Kier alpha value is -1.95. The van der Waals surface area contributed by atoms with Gasteiger partial charge in [0.05, 0.1) is 10.2 Å². The van der Waals surface area contributed by atoms with Crippen molar-refractivity contribution in [3.8, 4) is 0 Å². The van der Waals surface area contributed by atoms with Crippen molar-refractivity contribution in [1.82, 2.24) is 9.88 Å². The normalized spacial score (nSPS) is 11.0. The average molecular weight is 446 g/mol. The summed E-state index contributed by atoms with van der Waals surface area (Å²) in [7, 11) is 0. The molecule has 0 saturated carbocycles. The van der Waals surface area contributed by atoms with Crippen LogP contribution in [0.4, 0.5) is 5.13 Å². The average Bonchev–Trinajstić information content (AvgIpc) is 3.14. The van der Waals surface area contributed by atoms with Crippen molar-refractivity contribution >= 4 is 45.0 Å². The molecule has 1 aromatic heterocycles. The van der Waals surface area contributed by atoms with Gasteiger partial charge in [0.2, 0.25) is 5.91 Å². The lowest BCUT2D eigenvalue weighted by Crippen LogP contribution is -2.39. The summed E-state index contributed by atoms with van der Waals surface area (Å²) < 4.78 is 1.15. The SMILES string of the molecule is CCN(CC)CCN(C(=O)CCc1ccccc1)c1nc2c(C)cc(C)cc2s1.Cl. The van der Waals surface area contributed by atoms with Crippen LogP contribution in [0.25, 0.3) is 10.2 Å². The summed E-state index contributed by atoms with van der Waals surface area (Å²) >= 11 is 1.63. The van der Waals surface area contributed by atoms with E-state index in [1.165, 1.54) is 16.7 Å². The molecule has 0 N–H and O–H groups in total. The van der Waals surface area contributed by atoms with Crippen LogP contribution in [0, 0.1) is 13.8 Å². The lowest BCUT2D eigenvalue weighted by Gasteiger charge is -2.24. The second kappa shape index (κ2) is 11.4. The molecule has 4 nitrogen and oxygen atoms in total. The summed E-state index contributed by atoms with van der Waals surface area (Å²) in [6.07, 6.45) is 1.25. The van der Waals surface area contributed by atoms with Gasteiger partial charge in [-0.15, -0.1) is 12.4 Å². The molecule has 0 saturated heterocycles. The van der Waals surface area contributed by atoms with Gasteiger partial charge in [0.15, 0.2) is 5.13 Å². The third-order valence-electron chi connectivity index (χ3n) is 5.36. The summed E-state index contributed by atoms with van der Waals surface area (Å²) in [6.45, 7) is 12.0. The Labute approximate surface area is 190 Å². The largest absolute Gasteiger partial charge is 0.302 e. The molecule has 1 heterocycles. The molecule has 0 unspecified atom stereocenters. The van der Waals surface area contributed by atoms with Crippen LogP contribution in [0.3, 0.4) is 0 Å². The predicted octanol–water partition coefficient (Wildman–Crippen LogP) is 5.64. The molecule has 3 aromatic rings. The number of hydrogen-bond acceptors (Lipinski definition) is 4. The number of hydrogen-bond donors (Lipinski definition) is 0. The van der Waals surface area contributed by atoms with E-state index in [9.17, 15) is 4.79 Å². The highest BCUT2D eigenvalue weighted by Crippen LogP contribution is 2.32. The Morgan fingerprint density at radius 2 is 1.73 bits per heavy atom. The van der Waals surface area contributed by atoms with Gasteiger partial charge in [-0.3, -0.25) is 9.69 Å². The Morgan fingerprint density at radius 3 is 2.40 bits per heavy atom. The second-order valence-corrected chi connectivity index (χ2v) is 8.49. The van der Waals surface area contributed by atoms with E-state index >= 15 is 0 Å². The number of fused-ring (bicyclic) bond motifs is 1. The van der Waals surface area contributed by atoms with Gasteiger partial charge in [0, 0.05) is 19.5 Å². The zero-order valence-electron chi connectivity index (χ0n) is 18.4. The highest BCUT2D eigenvalue weighted by atomic mass is 35.5. The van der Waals surface area contributed by atoms with Crippen LogP contribution >= 0.6 is 23.7 Å². The Bertz CT molecular complexity index is 954. The number of halogens is 1. The van der Waals surface area contributed by atoms with E-state index in [1.54, 1.807) is 11.3 Å². The molecule has 0 radical (unpaired) electrons. The third-order valence-corrected chi connectivity index (χ3v) is 6.38.